The lowest BCUT2D eigenvalue weighted by Gasteiger charge is -2.15. The SMILES string of the molecule is CC(NC1=NCC(C2CC2)S1)c1ccc(Br)cc1. The first-order valence-corrected chi connectivity index (χ1v) is 8.13. The number of hydrogen-bond acceptors (Lipinski definition) is 3. The van der Waals surface area contributed by atoms with Crippen molar-refractivity contribution in [1.82, 2.24) is 5.32 Å². The van der Waals surface area contributed by atoms with Crippen LogP contribution < -0.4 is 5.32 Å². The molecule has 1 heterocycles. The number of amidine groups is 1. The van der Waals surface area contributed by atoms with E-state index in [0.29, 0.717) is 6.04 Å². The monoisotopic (exact) mass is 324 g/mol. The molecule has 3 rings (SSSR count). The summed E-state index contributed by atoms with van der Waals surface area (Å²) in [5.41, 5.74) is 1.30. The molecule has 1 aromatic rings. The van der Waals surface area contributed by atoms with Gasteiger partial charge in [0.05, 0.1) is 12.6 Å². The van der Waals surface area contributed by atoms with Crippen molar-refractivity contribution in [3.8, 4) is 0 Å². The standard InChI is InChI=1S/C14H17BrN2S/c1-9(10-4-6-12(15)7-5-10)17-14-16-8-13(18-14)11-2-3-11/h4-7,9,11,13H,2-3,8H2,1H3,(H,16,17). The molecular formula is C14H17BrN2S. The molecule has 0 amide bonds. The van der Waals surface area contributed by atoms with E-state index in [0.717, 1.165) is 27.4 Å². The summed E-state index contributed by atoms with van der Waals surface area (Å²) in [6.45, 7) is 3.20. The van der Waals surface area contributed by atoms with E-state index in [-0.39, 0.29) is 0 Å². The van der Waals surface area contributed by atoms with E-state index < -0.39 is 0 Å². The number of nitrogens with one attached hydrogen (secondary N) is 1. The second-order valence-electron chi connectivity index (χ2n) is 5.06. The van der Waals surface area contributed by atoms with E-state index in [1.807, 2.05) is 11.8 Å². The van der Waals surface area contributed by atoms with E-state index in [1.54, 1.807) is 0 Å². The highest BCUT2D eigenvalue weighted by molar-refractivity contribution is 9.10. The minimum Gasteiger partial charge on any atom is -0.358 e. The maximum Gasteiger partial charge on any atom is 0.157 e. The predicted octanol–water partition coefficient (Wildman–Crippen LogP) is 3.98. The van der Waals surface area contributed by atoms with Crippen LogP contribution in [0.25, 0.3) is 0 Å². The number of rotatable bonds is 3. The van der Waals surface area contributed by atoms with Crippen LogP contribution in [0, 0.1) is 5.92 Å². The molecule has 2 nitrogen and oxygen atoms in total. The van der Waals surface area contributed by atoms with Crippen molar-refractivity contribution in [3.63, 3.8) is 0 Å². The Labute approximate surface area is 121 Å². The Hall–Kier alpha value is -0.480. The molecule has 2 atom stereocenters. The molecule has 2 unspecified atom stereocenters. The number of benzene rings is 1. The molecule has 1 aliphatic carbocycles. The summed E-state index contributed by atoms with van der Waals surface area (Å²) in [4.78, 5) is 4.62. The third kappa shape index (κ3) is 2.91. The third-order valence-corrected chi connectivity index (χ3v) is 5.37. The Balaban J connectivity index is 1.57. The van der Waals surface area contributed by atoms with Gasteiger partial charge in [-0.25, -0.2) is 0 Å². The third-order valence-electron chi connectivity index (χ3n) is 3.54. The van der Waals surface area contributed by atoms with Crippen LogP contribution in [0.3, 0.4) is 0 Å². The highest BCUT2D eigenvalue weighted by Crippen LogP contribution is 2.41. The van der Waals surface area contributed by atoms with E-state index in [1.165, 1.54) is 18.4 Å². The summed E-state index contributed by atoms with van der Waals surface area (Å²) in [7, 11) is 0. The molecule has 0 radical (unpaired) electrons. The number of aliphatic imine (C=N–C) groups is 1. The highest BCUT2D eigenvalue weighted by Gasteiger charge is 2.35. The fourth-order valence-electron chi connectivity index (χ4n) is 2.20. The molecule has 96 valence electrons. The first kappa shape index (κ1) is 12.5. The summed E-state index contributed by atoms with van der Waals surface area (Å²) in [5, 5.41) is 5.39. The average molecular weight is 325 g/mol. The van der Waals surface area contributed by atoms with Crippen molar-refractivity contribution in [3.05, 3.63) is 34.3 Å². The molecule has 1 aromatic carbocycles. The molecule has 0 aromatic heterocycles. The fourth-order valence-corrected chi connectivity index (χ4v) is 3.76. The van der Waals surface area contributed by atoms with Crippen LogP contribution in [-0.4, -0.2) is 17.0 Å². The predicted molar refractivity (Wildman–Crippen MR) is 82.1 cm³/mol. The van der Waals surface area contributed by atoms with E-state index in [2.05, 4.69) is 57.4 Å². The van der Waals surface area contributed by atoms with Crippen LogP contribution in [0.5, 0.6) is 0 Å². The van der Waals surface area contributed by atoms with Crippen LogP contribution in [0.15, 0.2) is 33.7 Å². The zero-order chi connectivity index (χ0) is 12.5. The maximum absolute atomic E-state index is 4.62. The number of hydrogen-bond donors (Lipinski definition) is 1. The highest BCUT2D eigenvalue weighted by atomic mass is 79.9. The van der Waals surface area contributed by atoms with Crippen molar-refractivity contribution < 1.29 is 0 Å². The van der Waals surface area contributed by atoms with Gasteiger partial charge in [-0.15, -0.1) is 0 Å². The Kier molecular flexibility index (Phi) is 3.66. The summed E-state index contributed by atoms with van der Waals surface area (Å²) >= 11 is 5.40. The maximum atomic E-state index is 4.62. The van der Waals surface area contributed by atoms with Gasteiger partial charge in [0.2, 0.25) is 0 Å². The molecule has 0 spiro atoms. The van der Waals surface area contributed by atoms with E-state index >= 15 is 0 Å². The molecule has 0 bridgehead atoms. The van der Waals surface area contributed by atoms with Crippen LogP contribution in [0.4, 0.5) is 0 Å². The van der Waals surface area contributed by atoms with Crippen molar-refractivity contribution >= 4 is 32.9 Å². The quantitative estimate of drug-likeness (QED) is 0.909. The smallest absolute Gasteiger partial charge is 0.157 e. The number of halogens is 1. The van der Waals surface area contributed by atoms with Crippen molar-refractivity contribution in [2.75, 3.05) is 6.54 Å². The molecular weight excluding hydrogens is 308 g/mol. The molecule has 2 aliphatic rings. The summed E-state index contributed by atoms with van der Waals surface area (Å²) in [5.74, 6) is 0.932. The van der Waals surface area contributed by atoms with Crippen LogP contribution in [0.2, 0.25) is 0 Å². The van der Waals surface area contributed by atoms with Gasteiger partial charge in [-0.3, -0.25) is 4.99 Å². The minimum atomic E-state index is 0.322. The Morgan fingerprint density at radius 3 is 2.72 bits per heavy atom. The lowest BCUT2D eigenvalue weighted by atomic mass is 10.1. The van der Waals surface area contributed by atoms with Gasteiger partial charge in [0, 0.05) is 9.72 Å². The first-order chi connectivity index (χ1) is 8.72. The van der Waals surface area contributed by atoms with Crippen LogP contribution >= 0.6 is 27.7 Å². The summed E-state index contributed by atoms with van der Waals surface area (Å²) in [6, 6.07) is 8.80. The van der Waals surface area contributed by atoms with Gasteiger partial charge in [-0.05, 0) is 43.4 Å². The van der Waals surface area contributed by atoms with Crippen LogP contribution in [0.1, 0.15) is 31.4 Å². The fraction of sp³-hybridized carbons (Fsp3) is 0.500. The first-order valence-electron chi connectivity index (χ1n) is 6.45. The van der Waals surface area contributed by atoms with Gasteiger partial charge in [-0.2, -0.15) is 0 Å². The summed E-state index contributed by atoms with van der Waals surface area (Å²) in [6.07, 6.45) is 2.81. The molecule has 1 aliphatic heterocycles. The van der Waals surface area contributed by atoms with Gasteiger partial charge < -0.3 is 5.32 Å². The zero-order valence-corrected chi connectivity index (χ0v) is 12.8. The molecule has 4 heteroatoms. The average Bonchev–Trinajstić information content (AvgIpc) is 3.11. The molecule has 1 N–H and O–H groups in total. The van der Waals surface area contributed by atoms with Crippen molar-refractivity contribution in [2.24, 2.45) is 10.9 Å². The Morgan fingerprint density at radius 1 is 1.33 bits per heavy atom. The normalized spacial score (nSPS) is 24.8. The molecule has 18 heavy (non-hydrogen) atoms. The van der Waals surface area contributed by atoms with Crippen molar-refractivity contribution in [2.45, 2.75) is 31.1 Å². The van der Waals surface area contributed by atoms with E-state index in [4.69, 9.17) is 0 Å². The number of thioether (sulfide) groups is 1. The lowest BCUT2D eigenvalue weighted by molar-refractivity contribution is 0.721. The second kappa shape index (κ2) is 5.25. The Morgan fingerprint density at radius 2 is 2.06 bits per heavy atom. The van der Waals surface area contributed by atoms with E-state index in [9.17, 15) is 0 Å². The van der Waals surface area contributed by atoms with Crippen molar-refractivity contribution in [1.29, 1.82) is 0 Å². The minimum absolute atomic E-state index is 0.322. The molecule has 1 saturated carbocycles. The topological polar surface area (TPSA) is 24.4 Å². The lowest BCUT2D eigenvalue weighted by Crippen LogP contribution is -2.23. The van der Waals surface area contributed by atoms with Gasteiger partial charge in [0.15, 0.2) is 5.17 Å². The van der Waals surface area contributed by atoms with Gasteiger partial charge >= 0.3 is 0 Å². The molecule has 1 fully saturated rings. The van der Waals surface area contributed by atoms with Crippen LogP contribution in [-0.2, 0) is 0 Å². The Bertz CT molecular complexity index is 453. The van der Waals surface area contributed by atoms with Gasteiger partial charge in [-0.1, -0.05) is 39.8 Å². The van der Waals surface area contributed by atoms with Gasteiger partial charge in [0.25, 0.3) is 0 Å². The largest absolute Gasteiger partial charge is 0.358 e. The number of nitrogens with zero attached hydrogens (tertiary/aromatic N) is 1. The molecule has 0 saturated heterocycles. The zero-order valence-electron chi connectivity index (χ0n) is 10.4. The second-order valence-corrected chi connectivity index (χ2v) is 7.20. The van der Waals surface area contributed by atoms with Gasteiger partial charge in [0.1, 0.15) is 0 Å². The summed E-state index contributed by atoms with van der Waals surface area (Å²) < 4.78 is 1.12.